The Bertz CT molecular complexity index is 1270. The van der Waals surface area contributed by atoms with E-state index in [-0.39, 0.29) is 24.0 Å². The van der Waals surface area contributed by atoms with E-state index >= 15 is 0 Å². The fourth-order valence-corrected chi connectivity index (χ4v) is 3.12. The van der Waals surface area contributed by atoms with Crippen molar-refractivity contribution in [2.24, 2.45) is 0 Å². The monoisotopic (exact) mass is 433 g/mol. The van der Waals surface area contributed by atoms with Crippen molar-refractivity contribution in [2.75, 3.05) is 11.9 Å². The van der Waals surface area contributed by atoms with E-state index in [1.807, 2.05) is 24.3 Å². The fraction of sp³-hybridized carbons (Fsp3) is 0.217. The first-order valence-corrected chi connectivity index (χ1v) is 10.1. The molecular formula is C23H23N5O4. The van der Waals surface area contributed by atoms with E-state index in [0.717, 1.165) is 0 Å². The maximum atomic E-state index is 12.6. The number of hydrogen-bond acceptors (Lipinski definition) is 6. The summed E-state index contributed by atoms with van der Waals surface area (Å²) >= 11 is 0. The van der Waals surface area contributed by atoms with E-state index in [9.17, 15) is 9.59 Å². The maximum Gasteiger partial charge on any atom is 0.263 e. The van der Waals surface area contributed by atoms with Crippen LogP contribution in [0.25, 0.3) is 17.4 Å². The number of carbonyl (C=O) groups is 1. The summed E-state index contributed by atoms with van der Waals surface area (Å²) in [5.41, 5.74) is 1.85. The smallest absolute Gasteiger partial charge is 0.263 e. The van der Waals surface area contributed by atoms with Crippen LogP contribution in [0, 0.1) is 6.92 Å². The van der Waals surface area contributed by atoms with Crippen molar-refractivity contribution < 1.29 is 13.9 Å². The summed E-state index contributed by atoms with van der Waals surface area (Å²) in [6, 6.07) is 14.1. The Kier molecular flexibility index (Phi) is 5.89. The Morgan fingerprint density at radius 2 is 2.00 bits per heavy atom. The third-order valence-corrected chi connectivity index (χ3v) is 4.73. The van der Waals surface area contributed by atoms with Crippen LogP contribution in [0.4, 0.5) is 5.82 Å². The van der Waals surface area contributed by atoms with Crippen molar-refractivity contribution in [3.05, 3.63) is 76.4 Å². The first-order valence-electron chi connectivity index (χ1n) is 10.1. The van der Waals surface area contributed by atoms with E-state index < -0.39 is 0 Å². The molecule has 4 rings (SSSR count). The van der Waals surface area contributed by atoms with Crippen molar-refractivity contribution in [3.8, 4) is 23.2 Å². The van der Waals surface area contributed by atoms with Gasteiger partial charge in [-0.1, -0.05) is 26.0 Å². The van der Waals surface area contributed by atoms with Gasteiger partial charge in [0.25, 0.3) is 11.5 Å². The number of nitrogens with one attached hydrogen (secondary N) is 2. The van der Waals surface area contributed by atoms with Crippen LogP contribution in [0.5, 0.6) is 5.75 Å². The highest BCUT2D eigenvalue weighted by molar-refractivity contribution is 5.91. The largest absolute Gasteiger partial charge is 0.484 e. The minimum absolute atomic E-state index is 0.174. The van der Waals surface area contributed by atoms with Crippen LogP contribution in [0.1, 0.15) is 31.0 Å². The number of benzene rings is 1. The molecule has 164 valence electrons. The minimum atomic E-state index is -0.389. The molecule has 9 nitrogen and oxygen atoms in total. The van der Waals surface area contributed by atoms with Gasteiger partial charge in [0, 0.05) is 17.8 Å². The van der Waals surface area contributed by atoms with Crippen LogP contribution in [-0.2, 0) is 4.79 Å². The van der Waals surface area contributed by atoms with Gasteiger partial charge in [0.15, 0.2) is 12.4 Å². The average Bonchev–Trinajstić information content (AvgIpc) is 3.42. The van der Waals surface area contributed by atoms with E-state index in [0.29, 0.717) is 34.6 Å². The number of anilines is 1. The standard InChI is InChI=1S/C23H23N5O4/c1-14(2)16-6-8-17(9-7-16)32-13-22(30)25-20-12-18(19-5-4-10-31-19)27-28(20)23-24-15(3)11-21(29)26-23/h4-12,14H,13H2,1-3H3,(H,25,30)(H,24,26,29). The summed E-state index contributed by atoms with van der Waals surface area (Å²) in [6.45, 7) is 5.73. The second-order valence-electron chi connectivity index (χ2n) is 7.57. The molecule has 9 heteroatoms. The van der Waals surface area contributed by atoms with Gasteiger partial charge in [0.05, 0.1) is 6.26 Å². The number of amides is 1. The second kappa shape index (κ2) is 8.93. The molecule has 2 N–H and O–H groups in total. The Labute approximate surface area is 184 Å². The molecule has 0 aliphatic heterocycles. The third-order valence-electron chi connectivity index (χ3n) is 4.73. The molecule has 0 aliphatic rings. The van der Waals surface area contributed by atoms with Crippen LogP contribution < -0.4 is 15.6 Å². The molecule has 3 aromatic heterocycles. The molecule has 0 aliphatic carbocycles. The van der Waals surface area contributed by atoms with Crippen molar-refractivity contribution >= 4 is 11.7 Å². The van der Waals surface area contributed by atoms with Gasteiger partial charge >= 0.3 is 0 Å². The first-order chi connectivity index (χ1) is 15.4. The Balaban J connectivity index is 1.55. The number of hydrogen-bond donors (Lipinski definition) is 2. The summed E-state index contributed by atoms with van der Waals surface area (Å²) in [5.74, 6) is 1.62. The van der Waals surface area contributed by atoms with Gasteiger partial charge in [-0.15, -0.1) is 0 Å². The average molecular weight is 433 g/mol. The van der Waals surface area contributed by atoms with Gasteiger partial charge in [-0.05, 0) is 42.7 Å². The van der Waals surface area contributed by atoms with Gasteiger partial charge in [0.1, 0.15) is 17.3 Å². The zero-order chi connectivity index (χ0) is 22.7. The molecular weight excluding hydrogens is 410 g/mol. The van der Waals surface area contributed by atoms with Gasteiger partial charge in [0.2, 0.25) is 5.95 Å². The topological polar surface area (TPSA) is 115 Å². The predicted molar refractivity (Wildman–Crippen MR) is 119 cm³/mol. The number of H-pyrrole nitrogens is 1. The quantitative estimate of drug-likeness (QED) is 0.460. The summed E-state index contributed by atoms with van der Waals surface area (Å²) in [4.78, 5) is 31.4. The number of aryl methyl sites for hydroxylation is 1. The van der Waals surface area contributed by atoms with E-state index in [1.165, 1.54) is 22.6 Å². The van der Waals surface area contributed by atoms with E-state index in [2.05, 4.69) is 34.2 Å². The van der Waals surface area contributed by atoms with Gasteiger partial charge in [-0.2, -0.15) is 9.78 Å². The van der Waals surface area contributed by atoms with Crippen LogP contribution >= 0.6 is 0 Å². The van der Waals surface area contributed by atoms with E-state index in [4.69, 9.17) is 9.15 Å². The Morgan fingerprint density at radius 1 is 1.22 bits per heavy atom. The van der Waals surface area contributed by atoms with Crippen molar-refractivity contribution in [1.82, 2.24) is 19.7 Å². The number of aromatic amines is 1. The SMILES string of the molecule is Cc1cc(=O)[nH]c(-n2nc(-c3ccco3)cc2NC(=O)COc2ccc(C(C)C)cc2)n1. The van der Waals surface area contributed by atoms with Crippen LogP contribution in [0.15, 0.2) is 64.0 Å². The highest BCUT2D eigenvalue weighted by atomic mass is 16.5. The van der Waals surface area contributed by atoms with Crippen molar-refractivity contribution in [3.63, 3.8) is 0 Å². The molecule has 0 saturated heterocycles. The molecule has 3 heterocycles. The molecule has 1 amide bonds. The number of carbonyl (C=O) groups excluding carboxylic acids is 1. The minimum Gasteiger partial charge on any atom is -0.484 e. The summed E-state index contributed by atoms with van der Waals surface area (Å²) < 4.78 is 12.4. The lowest BCUT2D eigenvalue weighted by Crippen LogP contribution is -2.23. The van der Waals surface area contributed by atoms with E-state index in [1.54, 1.807) is 25.1 Å². The zero-order valence-corrected chi connectivity index (χ0v) is 18.0. The fourth-order valence-electron chi connectivity index (χ4n) is 3.12. The predicted octanol–water partition coefficient (Wildman–Crippen LogP) is 3.66. The highest BCUT2D eigenvalue weighted by Crippen LogP contribution is 2.24. The third kappa shape index (κ3) is 4.77. The van der Waals surface area contributed by atoms with Crippen LogP contribution in [0.3, 0.4) is 0 Å². The molecule has 32 heavy (non-hydrogen) atoms. The maximum absolute atomic E-state index is 12.6. The Morgan fingerprint density at radius 3 is 2.66 bits per heavy atom. The van der Waals surface area contributed by atoms with Gasteiger partial charge in [-0.25, -0.2) is 4.98 Å². The summed E-state index contributed by atoms with van der Waals surface area (Å²) in [6.07, 6.45) is 1.53. The molecule has 0 radical (unpaired) electrons. The van der Waals surface area contributed by atoms with Crippen LogP contribution in [0.2, 0.25) is 0 Å². The molecule has 0 spiro atoms. The molecule has 0 fully saturated rings. The molecule has 0 saturated carbocycles. The van der Waals surface area contributed by atoms with Crippen LogP contribution in [-0.4, -0.2) is 32.3 Å². The second-order valence-corrected chi connectivity index (χ2v) is 7.57. The number of rotatable bonds is 7. The summed E-state index contributed by atoms with van der Waals surface area (Å²) in [5, 5.41) is 7.20. The van der Waals surface area contributed by atoms with Gasteiger partial charge < -0.3 is 14.5 Å². The highest BCUT2D eigenvalue weighted by Gasteiger charge is 2.17. The zero-order valence-electron chi connectivity index (χ0n) is 18.0. The lowest BCUT2D eigenvalue weighted by Gasteiger charge is -2.10. The Hall–Kier alpha value is -4.14. The molecule has 0 atom stereocenters. The molecule has 1 aromatic carbocycles. The molecule has 4 aromatic rings. The van der Waals surface area contributed by atoms with Crippen molar-refractivity contribution in [2.45, 2.75) is 26.7 Å². The molecule has 0 bridgehead atoms. The normalized spacial score (nSPS) is 11.0. The van der Waals surface area contributed by atoms with Crippen molar-refractivity contribution in [1.29, 1.82) is 0 Å². The number of nitrogens with zero attached hydrogens (tertiary/aromatic N) is 3. The summed E-state index contributed by atoms with van der Waals surface area (Å²) in [7, 11) is 0. The van der Waals surface area contributed by atoms with Gasteiger partial charge in [-0.3, -0.25) is 14.6 Å². The first kappa shape index (κ1) is 21.1. The lowest BCUT2D eigenvalue weighted by atomic mass is 10.0. The lowest BCUT2D eigenvalue weighted by molar-refractivity contribution is -0.118. The molecule has 0 unspecified atom stereocenters. The number of ether oxygens (including phenoxy) is 1. The number of furan rings is 1. The number of aromatic nitrogens is 4.